The Kier molecular flexibility index (Phi) is 4.78. The summed E-state index contributed by atoms with van der Waals surface area (Å²) in [4.78, 5) is 23.9. The fourth-order valence-electron chi connectivity index (χ4n) is 1.12. The molecule has 0 aliphatic rings. The predicted molar refractivity (Wildman–Crippen MR) is 68.4 cm³/mol. The molecular weight excluding hydrogens is 263 g/mol. The van der Waals surface area contributed by atoms with Gasteiger partial charge in [-0.3, -0.25) is 9.59 Å². The molecule has 0 spiro atoms. The van der Waals surface area contributed by atoms with Crippen LogP contribution in [0, 0.1) is 0 Å². The monoisotopic (exact) mass is 274 g/mol. The van der Waals surface area contributed by atoms with Gasteiger partial charge in [-0.1, -0.05) is 29.3 Å². The number of nitrogens with one attached hydrogen (secondary N) is 1. The van der Waals surface area contributed by atoms with Gasteiger partial charge in [0.2, 0.25) is 11.8 Å². The molecule has 1 N–H and O–H groups in total. The lowest BCUT2D eigenvalue weighted by molar-refractivity contribution is -0.131. The van der Waals surface area contributed by atoms with E-state index in [1.807, 2.05) is 0 Å². The number of para-hydroxylation sites is 1. The van der Waals surface area contributed by atoms with Gasteiger partial charge in [-0.2, -0.15) is 0 Å². The molecule has 0 saturated carbocycles. The number of amides is 2. The minimum Gasteiger partial charge on any atom is -0.337 e. The van der Waals surface area contributed by atoms with Crippen molar-refractivity contribution in [2.75, 3.05) is 18.9 Å². The van der Waals surface area contributed by atoms with E-state index in [0.717, 1.165) is 0 Å². The molecule has 1 aromatic carbocycles. The molecule has 1 rings (SSSR count). The van der Waals surface area contributed by atoms with Gasteiger partial charge in [0.05, 0.1) is 22.3 Å². The fourth-order valence-corrected chi connectivity index (χ4v) is 1.61. The van der Waals surface area contributed by atoms with Crippen LogP contribution in [0.5, 0.6) is 0 Å². The SMILES string of the molecule is CC(=O)N(C)CC(=O)Nc1c(Cl)cccc1Cl. The number of hydrogen-bond acceptors (Lipinski definition) is 2. The van der Waals surface area contributed by atoms with Gasteiger partial charge in [0.15, 0.2) is 0 Å². The van der Waals surface area contributed by atoms with Crippen molar-refractivity contribution >= 4 is 40.7 Å². The molecule has 0 saturated heterocycles. The van der Waals surface area contributed by atoms with Gasteiger partial charge in [0, 0.05) is 14.0 Å². The Hall–Kier alpha value is -1.26. The van der Waals surface area contributed by atoms with E-state index in [0.29, 0.717) is 15.7 Å². The maximum absolute atomic E-state index is 11.6. The highest BCUT2D eigenvalue weighted by molar-refractivity contribution is 6.39. The van der Waals surface area contributed by atoms with Gasteiger partial charge in [-0.15, -0.1) is 0 Å². The van der Waals surface area contributed by atoms with E-state index in [9.17, 15) is 9.59 Å². The maximum atomic E-state index is 11.6. The molecule has 2 amide bonds. The number of rotatable bonds is 3. The van der Waals surface area contributed by atoms with Gasteiger partial charge in [-0.25, -0.2) is 0 Å². The second-order valence-corrected chi connectivity index (χ2v) is 4.33. The third-order valence-electron chi connectivity index (χ3n) is 2.15. The zero-order valence-corrected chi connectivity index (χ0v) is 11.0. The Morgan fingerprint density at radius 3 is 2.29 bits per heavy atom. The molecule has 0 unspecified atom stereocenters. The number of anilines is 1. The third kappa shape index (κ3) is 3.91. The Balaban J connectivity index is 2.72. The minimum atomic E-state index is -0.349. The maximum Gasteiger partial charge on any atom is 0.244 e. The van der Waals surface area contributed by atoms with Gasteiger partial charge in [0.25, 0.3) is 0 Å². The summed E-state index contributed by atoms with van der Waals surface area (Å²) in [5.74, 6) is -0.539. The topological polar surface area (TPSA) is 49.4 Å². The van der Waals surface area contributed by atoms with E-state index < -0.39 is 0 Å². The predicted octanol–water partition coefficient (Wildman–Crippen LogP) is 2.41. The zero-order chi connectivity index (χ0) is 13.0. The van der Waals surface area contributed by atoms with Crippen LogP contribution in [-0.4, -0.2) is 30.3 Å². The van der Waals surface area contributed by atoms with E-state index in [2.05, 4.69) is 5.32 Å². The van der Waals surface area contributed by atoms with Crippen molar-refractivity contribution in [2.24, 2.45) is 0 Å². The molecule has 0 aliphatic carbocycles. The smallest absolute Gasteiger partial charge is 0.244 e. The number of likely N-dealkylation sites (N-methyl/N-ethyl adjacent to an activating group) is 1. The van der Waals surface area contributed by atoms with Crippen LogP contribution in [0.3, 0.4) is 0 Å². The average molecular weight is 275 g/mol. The molecule has 1 aromatic rings. The van der Waals surface area contributed by atoms with E-state index in [1.165, 1.54) is 18.9 Å². The van der Waals surface area contributed by atoms with Crippen LogP contribution in [0.15, 0.2) is 18.2 Å². The molecule has 0 bridgehead atoms. The summed E-state index contributed by atoms with van der Waals surface area (Å²) in [6, 6.07) is 4.93. The molecule has 0 radical (unpaired) electrons. The molecule has 4 nitrogen and oxygen atoms in total. The lowest BCUT2D eigenvalue weighted by atomic mass is 10.3. The Labute approximate surface area is 109 Å². The van der Waals surface area contributed by atoms with Crippen molar-refractivity contribution in [1.29, 1.82) is 0 Å². The summed E-state index contributed by atoms with van der Waals surface area (Å²) in [6.07, 6.45) is 0. The molecule has 6 heteroatoms. The number of nitrogens with zero attached hydrogens (tertiary/aromatic N) is 1. The molecule has 17 heavy (non-hydrogen) atoms. The zero-order valence-electron chi connectivity index (χ0n) is 9.46. The summed E-state index contributed by atoms with van der Waals surface area (Å²) < 4.78 is 0. The van der Waals surface area contributed by atoms with Crippen LogP contribution >= 0.6 is 23.2 Å². The van der Waals surface area contributed by atoms with Crippen LogP contribution in [0.4, 0.5) is 5.69 Å². The van der Waals surface area contributed by atoms with Crippen LogP contribution in [0.1, 0.15) is 6.92 Å². The van der Waals surface area contributed by atoms with Crippen molar-refractivity contribution < 1.29 is 9.59 Å². The van der Waals surface area contributed by atoms with E-state index in [4.69, 9.17) is 23.2 Å². The lowest BCUT2D eigenvalue weighted by Gasteiger charge is -2.15. The van der Waals surface area contributed by atoms with Crippen molar-refractivity contribution in [3.8, 4) is 0 Å². The summed E-state index contributed by atoms with van der Waals surface area (Å²) in [7, 11) is 1.54. The first-order valence-corrected chi connectivity index (χ1v) is 5.63. The van der Waals surface area contributed by atoms with E-state index in [-0.39, 0.29) is 18.4 Å². The van der Waals surface area contributed by atoms with Gasteiger partial charge in [-0.05, 0) is 12.1 Å². The first-order chi connectivity index (χ1) is 7.91. The molecule has 92 valence electrons. The summed E-state index contributed by atoms with van der Waals surface area (Å²) in [5.41, 5.74) is 0.359. The first kappa shape index (κ1) is 13.8. The van der Waals surface area contributed by atoms with E-state index in [1.54, 1.807) is 18.2 Å². The number of halogens is 2. The Bertz CT molecular complexity index is 429. The van der Waals surface area contributed by atoms with Crippen LogP contribution in [0.2, 0.25) is 10.0 Å². The van der Waals surface area contributed by atoms with Gasteiger partial charge in [0.1, 0.15) is 0 Å². The summed E-state index contributed by atoms with van der Waals surface area (Å²) in [6.45, 7) is 1.34. The molecular formula is C11H12Cl2N2O2. The highest BCUT2D eigenvalue weighted by atomic mass is 35.5. The second-order valence-electron chi connectivity index (χ2n) is 3.52. The number of hydrogen-bond donors (Lipinski definition) is 1. The Morgan fingerprint density at radius 2 is 1.82 bits per heavy atom. The number of carbonyl (C=O) groups excluding carboxylic acids is 2. The van der Waals surface area contributed by atoms with Gasteiger partial charge >= 0.3 is 0 Å². The largest absolute Gasteiger partial charge is 0.337 e. The second kappa shape index (κ2) is 5.89. The first-order valence-electron chi connectivity index (χ1n) is 4.87. The standard InChI is InChI=1S/C11H12Cl2N2O2/c1-7(16)15(2)6-10(17)14-11-8(12)4-3-5-9(11)13/h3-5H,6H2,1-2H3,(H,14,17). The van der Waals surface area contributed by atoms with Gasteiger partial charge < -0.3 is 10.2 Å². The molecule has 0 aliphatic heterocycles. The van der Waals surface area contributed by atoms with E-state index >= 15 is 0 Å². The van der Waals surface area contributed by atoms with Crippen LogP contribution in [0.25, 0.3) is 0 Å². The summed E-state index contributed by atoms with van der Waals surface area (Å²) in [5, 5.41) is 3.28. The summed E-state index contributed by atoms with van der Waals surface area (Å²) >= 11 is 11.8. The highest BCUT2D eigenvalue weighted by Gasteiger charge is 2.12. The minimum absolute atomic E-state index is 0.0448. The number of benzene rings is 1. The molecule has 0 fully saturated rings. The van der Waals surface area contributed by atoms with Crippen molar-refractivity contribution in [3.05, 3.63) is 28.2 Å². The molecule has 0 atom stereocenters. The number of carbonyl (C=O) groups is 2. The fraction of sp³-hybridized carbons (Fsp3) is 0.273. The highest BCUT2D eigenvalue weighted by Crippen LogP contribution is 2.29. The average Bonchev–Trinajstić information content (AvgIpc) is 2.23. The van der Waals surface area contributed by atoms with Crippen molar-refractivity contribution in [1.82, 2.24) is 4.90 Å². The molecule has 0 heterocycles. The normalized spacial score (nSPS) is 9.88. The lowest BCUT2D eigenvalue weighted by Crippen LogP contribution is -2.33. The van der Waals surface area contributed by atoms with Crippen molar-refractivity contribution in [3.63, 3.8) is 0 Å². The van der Waals surface area contributed by atoms with Crippen LogP contribution in [-0.2, 0) is 9.59 Å². The quantitative estimate of drug-likeness (QED) is 0.920. The van der Waals surface area contributed by atoms with Crippen LogP contribution < -0.4 is 5.32 Å². The molecule has 0 aromatic heterocycles. The van der Waals surface area contributed by atoms with Crippen molar-refractivity contribution in [2.45, 2.75) is 6.92 Å². The third-order valence-corrected chi connectivity index (χ3v) is 2.78. The Morgan fingerprint density at radius 1 is 1.29 bits per heavy atom.